The van der Waals surface area contributed by atoms with E-state index in [0.717, 1.165) is 16.9 Å². The second kappa shape index (κ2) is 8.37. The lowest BCUT2D eigenvalue weighted by Gasteiger charge is -2.41. The van der Waals surface area contributed by atoms with Crippen molar-refractivity contribution in [2.75, 3.05) is 39.3 Å². The molecular weight excluding hydrogens is 376 g/mol. The van der Waals surface area contributed by atoms with E-state index in [0.29, 0.717) is 64.1 Å². The number of guanidine groups is 1. The van der Waals surface area contributed by atoms with Crippen LogP contribution in [0.25, 0.3) is 0 Å². The molecule has 1 aromatic carbocycles. The number of carbonyl (C=O) groups excluding carboxylic acids is 1. The average Bonchev–Trinajstić information content (AvgIpc) is 3.21. The van der Waals surface area contributed by atoms with Crippen molar-refractivity contribution in [1.82, 2.24) is 15.8 Å². The summed E-state index contributed by atoms with van der Waals surface area (Å²) < 4.78 is 5.45. The standard InChI is InChI=1S/C19H27N6O4/c1-2-27-19(26)25(7-5-21-6-8-25)18-22-11-16(20)12-24(18)23-10-14-3-4-17-15(9-14)13-28-29-17/h3-4,9,11,21,23H,2,5-8,10,12-13,20H2,1H3/q+1. The highest BCUT2D eigenvalue weighted by Crippen LogP contribution is 2.27. The van der Waals surface area contributed by atoms with Crippen LogP contribution in [-0.4, -0.2) is 60.9 Å². The molecule has 1 aromatic rings. The Morgan fingerprint density at radius 2 is 2.24 bits per heavy atom. The van der Waals surface area contributed by atoms with E-state index in [4.69, 9.17) is 20.2 Å². The Morgan fingerprint density at radius 1 is 1.41 bits per heavy atom. The summed E-state index contributed by atoms with van der Waals surface area (Å²) in [6.07, 6.45) is 1.33. The predicted octanol–water partition coefficient (Wildman–Crippen LogP) is 0.563. The van der Waals surface area contributed by atoms with Crippen molar-refractivity contribution in [3.63, 3.8) is 0 Å². The summed E-state index contributed by atoms with van der Waals surface area (Å²) in [5.41, 5.74) is 12.1. The molecule has 29 heavy (non-hydrogen) atoms. The van der Waals surface area contributed by atoms with Gasteiger partial charge in [0.1, 0.15) is 19.7 Å². The van der Waals surface area contributed by atoms with Crippen LogP contribution in [0.3, 0.4) is 0 Å². The molecule has 4 rings (SSSR count). The Kier molecular flexibility index (Phi) is 5.67. The summed E-state index contributed by atoms with van der Waals surface area (Å²) in [7, 11) is 0. The smallest absolute Gasteiger partial charge is 0.420 e. The van der Waals surface area contributed by atoms with Gasteiger partial charge in [-0.05, 0) is 24.6 Å². The number of ether oxygens (including phenoxy) is 1. The van der Waals surface area contributed by atoms with E-state index in [9.17, 15) is 4.79 Å². The van der Waals surface area contributed by atoms with Crippen LogP contribution in [0.1, 0.15) is 18.1 Å². The second-order valence-corrected chi connectivity index (χ2v) is 7.21. The highest BCUT2D eigenvalue weighted by molar-refractivity contribution is 5.84. The summed E-state index contributed by atoms with van der Waals surface area (Å²) in [6.45, 7) is 6.09. The first-order valence-electron chi connectivity index (χ1n) is 9.83. The van der Waals surface area contributed by atoms with Gasteiger partial charge < -0.3 is 20.7 Å². The Labute approximate surface area is 169 Å². The molecule has 0 spiro atoms. The number of hydrogen-bond donors (Lipinski definition) is 3. The molecule has 3 heterocycles. The first kappa shape index (κ1) is 19.6. The van der Waals surface area contributed by atoms with Gasteiger partial charge in [0.25, 0.3) is 0 Å². The number of nitrogens with zero attached hydrogens (tertiary/aromatic N) is 3. The first-order chi connectivity index (χ1) is 14.1. The van der Waals surface area contributed by atoms with Crippen LogP contribution < -0.4 is 21.4 Å². The molecule has 10 nitrogen and oxygen atoms in total. The predicted molar refractivity (Wildman–Crippen MR) is 105 cm³/mol. The molecule has 10 heteroatoms. The lowest BCUT2D eigenvalue weighted by molar-refractivity contribution is -0.776. The third-order valence-electron chi connectivity index (χ3n) is 5.23. The van der Waals surface area contributed by atoms with E-state index in [1.165, 1.54) is 0 Å². The van der Waals surface area contributed by atoms with Crippen molar-refractivity contribution in [2.45, 2.75) is 20.1 Å². The summed E-state index contributed by atoms with van der Waals surface area (Å²) in [6, 6.07) is 5.90. The molecule has 1 fully saturated rings. The average molecular weight is 403 g/mol. The van der Waals surface area contributed by atoms with E-state index >= 15 is 0 Å². The minimum absolute atomic E-state index is 0.0312. The lowest BCUT2D eigenvalue weighted by atomic mass is 10.1. The molecule has 0 saturated carbocycles. The minimum Gasteiger partial charge on any atom is -0.420 e. The van der Waals surface area contributed by atoms with Gasteiger partial charge in [0.15, 0.2) is 5.75 Å². The van der Waals surface area contributed by atoms with Crippen molar-refractivity contribution in [1.29, 1.82) is 0 Å². The molecule has 1 amide bonds. The van der Waals surface area contributed by atoms with E-state index in [1.54, 1.807) is 6.20 Å². The van der Waals surface area contributed by atoms with Crippen molar-refractivity contribution < 1.29 is 23.8 Å². The van der Waals surface area contributed by atoms with Crippen LogP contribution >= 0.6 is 0 Å². The molecule has 0 radical (unpaired) electrons. The number of carbonyl (C=O) groups is 1. The Hall–Kier alpha value is -2.66. The molecule has 0 bridgehead atoms. The Morgan fingerprint density at radius 3 is 3.03 bits per heavy atom. The molecule has 3 aliphatic rings. The zero-order valence-corrected chi connectivity index (χ0v) is 16.5. The van der Waals surface area contributed by atoms with Gasteiger partial charge in [-0.25, -0.2) is 10.4 Å². The quantitative estimate of drug-likeness (QED) is 0.494. The van der Waals surface area contributed by atoms with Crippen molar-refractivity contribution in [3.8, 4) is 5.75 Å². The number of nitrogens with one attached hydrogen (secondary N) is 2. The highest BCUT2D eigenvalue weighted by atomic mass is 17.2. The van der Waals surface area contributed by atoms with Crippen molar-refractivity contribution in [2.24, 2.45) is 10.7 Å². The topological polar surface area (TPSA) is 110 Å². The molecule has 3 aliphatic heterocycles. The lowest BCUT2D eigenvalue weighted by Crippen LogP contribution is -2.70. The van der Waals surface area contributed by atoms with Crippen molar-refractivity contribution in [3.05, 3.63) is 41.2 Å². The molecule has 0 unspecified atom stereocenters. The van der Waals surface area contributed by atoms with Gasteiger partial charge in [0.05, 0.1) is 19.4 Å². The summed E-state index contributed by atoms with van der Waals surface area (Å²) in [4.78, 5) is 27.6. The van der Waals surface area contributed by atoms with Crippen LogP contribution in [0.15, 0.2) is 35.1 Å². The molecule has 4 N–H and O–H groups in total. The van der Waals surface area contributed by atoms with Crippen LogP contribution in [-0.2, 0) is 22.8 Å². The molecule has 0 aliphatic carbocycles. The van der Waals surface area contributed by atoms with Crippen LogP contribution in [0, 0.1) is 0 Å². The maximum atomic E-state index is 13.0. The number of hydrogen-bond acceptors (Lipinski definition) is 9. The molecule has 0 atom stereocenters. The Bertz CT molecular complexity index is 834. The largest absolute Gasteiger partial charge is 0.523 e. The number of rotatable bonds is 4. The molecular formula is C19H27N6O4+. The van der Waals surface area contributed by atoms with Gasteiger partial charge >= 0.3 is 12.1 Å². The number of piperazine rings is 1. The van der Waals surface area contributed by atoms with Gasteiger partial charge in [-0.2, -0.15) is 19.2 Å². The van der Waals surface area contributed by atoms with Crippen molar-refractivity contribution >= 4 is 12.1 Å². The number of fused-ring (bicyclic) bond motifs is 1. The second-order valence-electron chi connectivity index (χ2n) is 7.21. The first-order valence-corrected chi connectivity index (χ1v) is 9.83. The minimum atomic E-state index is -0.291. The molecule has 156 valence electrons. The number of nitrogens with two attached hydrogens (primary N) is 1. The Balaban J connectivity index is 1.55. The van der Waals surface area contributed by atoms with Gasteiger partial charge in [-0.15, -0.1) is 0 Å². The summed E-state index contributed by atoms with van der Waals surface area (Å²) in [5.74, 6) is 1.35. The van der Waals surface area contributed by atoms with Gasteiger partial charge in [0, 0.05) is 30.9 Å². The maximum Gasteiger partial charge on any atom is 0.523 e. The number of amides is 1. The monoisotopic (exact) mass is 403 g/mol. The fourth-order valence-corrected chi connectivity index (χ4v) is 3.74. The maximum absolute atomic E-state index is 13.0. The van der Waals surface area contributed by atoms with Crippen LogP contribution in [0.5, 0.6) is 5.75 Å². The van der Waals surface area contributed by atoms with E-state index in [-0.39, 0.29) is 10.6 Å². The SMILES string of the molecule is CCOC(=O)[N+]1(C2=NC=C(N)CN2NCc2ccc3c(c2)COO3)CCNCC1. The number of quaternary nitrogens is 1. The summed E-state index contributed by atoms with van der Waals surface area (Å²) >= 11 is 0. The van der Waals surface area contributed by atoms with E-state index in [2.05, 4.69) is 15.7 Å². The highest BCUT2D eigenvalue weighted by Gasteiger charge is 2.49. The zero-order chi connectivity index (χ0) is 20.3. The fraction of sp³-hybridized carbons (Fsp3) is 0.474. The fourth-order valence-electron chi connectivity index (χ4n) is 3.74. The summed E-state index contributed by atoms with van der Waals surface area (Å²) in [5, 5.41) is 5.16. The number of aliphatic imine (C=N–C) groups is 1. The third kappa shape index (κ3) is 3.92. The van der Waals surface area contributed by atoms with Crippen LogP contribution in [0.4, 0.5) is 4.79 Å². The van der Waals surface area contributed by atoms with E-state index < -0.39 is 0 Å². The zero-order valence-electron chi connectivity index (χ0n) is 16.5. The molecule has 1 saturated heterocycles. The normalized spacial score (nSPS) is 20.4. The van der Waals surface area contributed by atoms with E-state index in [1.807, 2.05) is 30.1 Å². The molecule has 0 aromatic heterocycles. The van der Waals surface area contributed by atoms with Gasteiger partial charge in [-0.3, -0.25) is 0 Å². The van der Waals surface area contributed by atoms with Gasteiger partial charge in [0.2, 0.25) is 0 Å². The third-order valence-corrected chi connectivity index (χ3v) is 5.23. The van der Waals surface area contributed by atoms with Gasteiger partial charge in [-0.1, -0.05) is 6.07 Å². The van der Waals surface area contributed by atoms with Crippen LogP contribution in [0.2, 0.25) is 0 Å². The number of benzene rings is 1. The number of hydrazine groups is 1.